The summed E-state index contributed by atoms with van der Waals surface area (Å²) in [6.07, 6.45) is 3.86. The first kappa shape index (κ1) is 9.31. The predicted octanol–water partition coefficient (Wildman–Crippen LogP) is 2.62. The molecule has 0 unspecified atom stereocenters. The van der Waals surface area contributed by atoms with E-state index in [4.69, 9.17) is 5.73 Å². The number of anilines is 2. The molecule has 1 aliphatic carbocycles. The van der Waals surface area contributed by atoms with E-state index in [1.54, 1.807) is 6.07 Å². The molecule has 14 heavy (non-hydrogen) atoms. The number of para-hydroxylation sites is 1. The number of hydrogen-bond donors (Lipinski definition) is 2. The summed E-state index contributed by atoms with van der Waals surface area (Å²) in [4.78, 5) is 0. The molecule has 0 aromatic heterocycles. The third kappa shape index (κ3) is 2.16. The number of benzene rings is 1. The first-order valence-corrected chi connectivity index (χ1v) is 5.05. The first-order chi connectivity index (χ1) is 6.77. The van der Waals surface area contributed by atoms with E-state index in [9.17, 15) is 4.39 Å². The minimum absolute atomic E-state index is 0.225. The fourth-order valence-electron chi connectivity index (χ4n) is 1.51. The minimum atomic E-state index is -0.346. The van der Waals surface area contributed by atoms with E-state index in [1.807, 2.05) is 6.07 Å². The molecule has 0 atom stereocenters. The van der Waals surface area contributed by atoms with Gasteiger partial charge in [-0.25, -0.2) is 4.39 Å². The van der Waals surface area contributed by atoms with Gasteiger partial charge in [0.25, 0.3) is 0 Å². The molecule has 1 fully saturated rings. The van der Waals surface area contributed by atoms with Gasteiger partial charge in [-0.15, -0.1) is 0 Å². The Morgan fingerprint density at radius 2 is 2.21 bits per heavy atom. The number of nitrogens with two attached hydrogens (primary N) is 1. The van der Waals surface area contributed by atoms with Crippen LogP contribution in [-0.2, 0) is 0 Å². The van der Waals surface area contributed by atoms with Crippen molar-refractivity contribution in [3.8, 4) is 0 Å². The highest BCUT2D eigenvalue weighted by Gasteiger charge is 2.20. The third-order valence-corrected chi connectivity index (χ3v) is 2.62. The molecule has 76 valence electrons. The van der Waals surface area contributed by atoms with Crippen LogP contribution in [0.4, 0.5) is 15.8 Å². The number of rotatable bonds is 4. The van der Waals surface area contributed by atoms with E-state index in [2.05, 4.69) is 5.32 Å². The zero-order valence-electron chi connectivity index (χ0n) is 8.09. The second kappa shape index (κ2) is 3.86. The fourth-order valence-corrected chi connectivity index (χ4v) is 1.51. The lowest BCUT2D eigenvalue weighted by Crippen LogP contribution is -2.05. The molecule has 0 radical (unpaired) electrons. The number of hydrogen-bond acceptors (Lipinski definition) is 2. The molecule has 2 rings (SSSR count). The lowest BCUT2D eigenvalue weighted by Gasteiger charge is -2.08. The summed E-state index contributed by atoms with van der Waals surface area (Å²) in [5.41, 5.74) is 6.52. The lowest BCUT2D eigenvalue weighted by molar-refractivity contribution is 0.632. The van der Waals surface area contributed by atoms with E-state index in [0.29, 0.717) is 5.69 Å². The number of nitrogen functional groups attached to an aromatic ring is 1. The van der Waals surface area contributed by atoms with Crippen LogP contribution in [-0.4, -0.2) is 6.54 Å². The maximum absolute atomic E-state index is 13.0. The zero-order valence-corrected chi connectivity index (χ0v) is 8.09. The van der Waals surface area contributed by atoms with Crippen molar-refractivity contribution in [1.29, 1.82) is 0 Å². The Hall–Kier alpha value is -1.25. The maximum Gasteiger partial charge on any atom is 0.148 e. The van der Waals surface area contributed by atoms with Gasteiger partial charge in [0.05, 0.1) is 11.4 Å². The SMILES string of the molecule is Nc1c(F)cccc1NCCC1CC1. The largest absolute Gasteiger partial charge is 0.395 e. The van der Waals surface area contributed by atoms with Gasteiger partial charge in [0.15, 0.2) is 0 Å². The summed E-state index contributed by atoms with van der Waals surface area (Å²) in [5.74, 6) is 0.540. The van der Waals surface area contributed by atoms with E-state index in [-0.39, 0.29) is 11.5 Å². The van der Waals surface area contributed by atoms with Gasteiger partial charge in [-0.05, 0) is 24.5 Å². The Morgan fingerprint density at radius 3 is 2.93 bits per heavy atom. The van der Waals surface area contributed by atoms with Crippen LogP contribution in [0.2, 0.25) is 0 Å². The van der Waals surface area contributed by atoms with Gasteiger partial charge in [0.2, 0.25) is 0 Å². The summed E-state index contributed by atoms with van der Waals surface area (Å²) in [6, 6.07) is 4.86. The molecule has 1 saturated carbocycles. The quantitative estimate of drug-likeness (QED) is 0.723. The highest BCUT2D eigenvalue weighted by molar-refractivity contribution is 5.66. The van der Waals surface area contributed by atoms with Crippen LogP contribution >= 0.6 is 0 Å². The summed E-state index contributed by atoms with van der Waals surface area (Å²) in [6.45, 7) is 0.887. The standard InChI is InChI=1S/C11H15FN2/c12-9-2-1-3-10(11(9)13)14-7-6-8-4-5-8/h1-3,8,14H,4-7,13H2. The third-order valence-electron chi connectivity index (χ3n) is 2.62. The van der Waals surface area contributed by atoms with Gasteiger partial charge < -0.3 is 11.1 Å². The summed E-state index contributed by atoms with van der Waals surface area (Å²) in [5, 5.41) is 3.16. The Balaban J connectivity index is 1.90. The second-order valence-corrected chi connectivity index (χ2v) is 3.86. The van der Waals surface area contributed by atoms with E-state index < -0.39 is 0 Å². The molecule has 0 bridgehead atoms. The molecule has 0 saturated heterocycles. The number of halogens is 1. The maximum atomic E-state index is 13.0. The van der Waals surface area contributed by atoms with E-state index in [1.165, 1.54) is 18.9 Å². The molecule has 0 spiro atoms. The molecule has 1 aromatic rings. The van der Waals surface area contributed by atoms with E-state index in [0.717, 1.165) is 18.9 Å². The van der Waals surface area contributed by atoms with Crippen molar-refractivity contribution in [3.63, 3.8) is 0 Å². The molecular weight excluding hydrogens is 179 g/mol. The van der Waals surface area contributed by atoms with Crippen molar-refractivity contribution in [2.75, 3.05) is 17.6 Å². The molecule has 0 heterocycles. The van der Waals surface area contributed by atoms with Crippen LogP contribution < -0.4 is 11.1 Å². The van der Waals surface area contributed by atoms with Crippen LogP contribution in [0.25, 0.3) is 0 Å². The highest BCUT2D eigenvalue weighted by atomic mass is 19.1. The molecule has 0 amide bonds. The van der Waals surface area contributed by atoms with Crippen LogP contribution in [0.3, 0.4) is 0 Å². The highest BCUT2D eigenvalue weighted by Crippen LogP contribution is 2.32. The molecule has 3 heteroatoms. The Kier molecular flexibility index (Phi) is 2.57. The Labute approximate surface area is 83.3 Å². The predicted molar refractivity (Wildman–Crippen MR) is 56.6 cm³/mol. The van der Waals surface area contributed by atoms with Crippen molar-refractivity contribution in [2.45, 2.75) is 19.3 Å². The van der Waals surface area contributed by atoms with Gasteiger partial charge in [0.1, 0.15) is 5.82 Å². The molecule has 1 aliphatic rings. The smallest absolute Gasteiger partial charge is 0.148 e. The second-order valence-electron chi connectivity index (χ2n) is 3.86. The zero-order chi connectivity index (χ0) is 9.97. The minimum Gasteiger partial charge on any atom is -0.395 e. The van der Waals surface area contributed by atoms with Crippen molar-refractivity contribution >= 4 is 11.4 Å². The van der Waals surface area contributed by atoms with Gasteiger partial charge in [-0.3, -0.25) is 0 Å². The van der Waals surface area contributed by atoms with Crippen LogP contribution in [0.15, 0.2) is 18.2 Å². The fraction of sp³-hybridized carbons (Fsp3) is 0.455. The topological polar surface area (TPSA) is 38.0 Å². The van der Waals surface area contributed by atoms with Crippen molar-refractivity contribution < 1.29 is 4.39 Å². The normalized spacial score (nSPS) is 15.5. The van der Waals surface area contributed by atoms with Crippen molar-refractivity contribution in [3.05, 3.63) is 24.0 Å². The first-order valence-electron chi connectivity index (χ1n) is 5.05. The monoisotopic (exact) mass is 194 g/mol. The summed E-state index contributed by atoms with van der Waals surface area (Å²) < 4.78 is 13.0. The molecule has 3 N–H and O–H groups in total. The van der Waals surface area contributed by atoms with Crippen LogP contribution in [0.5, 0.6) is 0 Å². The summed E-state index contributed by atoms with van der Waals surface area (Å²) >= 11 is 0. The molecule has 1 aromatic carbocycles. The summed E-state index contributed by atoms with van der Waals surface area (Å²) in [7, 11) is 0. The average Bonchev–Trinajstić information content (AvgIpc) is 2.96. The van der Waals surface area contributed by atoms with Gasteiger partial charge in [0, 0.05) is 6.54 Å². The molecule has 2 nitrogen and oxygen atoms in total. The van der Waals surface area contributed by atoms with Crippen LogP contribution in [0, 0.1) is 11.7 Å². The van der Waals surface area contributed by atoms with Gasteiger partial charge in [-0.2, -0.15) is 0 Å². The molecular formula is C11H15FN2. The van der Waals surface area contributed by atoms with E-state index >= 15 is 0 Å². The Morgan fingerprint density at radius 1 is 1.43 bits per heavy atom. The van der Waals surface area contributed by atoms with Crippen LogP contribution in [0.1, 0.15) is 19.3 Å². The van der Waals surface area contributed by atoms with Gasteiger partial charge >= 0.3 is 0 Å². The average molecular weight is 194 g/mol. The Bertz CT molecular complexity index is 321. The number of nitrogens with one attached hydrogen (secondary N) is 1. The van der Waals surface area contributed by atoms with Crippen molar-refractivity contribution in [2.24, 2.45) is 5.92 Å². The molecule has 0 aliphatic heterocycles. The van der Waals surface area contributed by atoms with Gasteiger partial charge in [-0.1, -0.05) is 18.9 Å². The van der Waals surface area contributed by atoms with Crippen molar-refractivity contribution in [1.82, 2.24) is 0 Å². The lowest BCUT2D eigenvalue weighted by atomic mass is 10.2.